The molecule has 0 spiro atoms. The molecule has 0 aliphatic carbocycles. The maximum Gasteiger partial charge on any atom is 0.247 e. The molecule has 6 nitrogen and oxygen atoms in total. The van der Waals surface area contributed by atoms with E-state index in [9.17, 15) is 0 Å². The van der Waals surface area contributed by atoms with Crippen molar-refractivity contribution >= 4 is 33.2 Å². The molecule has 0 aromatic carbocycles. The summed E-state index contributed by atoms with van der Waals surface area (Å²) in [5.41, 5.74) is 1.66. The number of anilines is 2. The number of halogens is 1. The van der Waals surface area contributed by atoms with Crippen molar-refractivity contribution in [3.63, 3.8) is 0 Å². The molecule has 18 heavy (non-hydrogen) atoms. The molecule has 0 amide bonds. The van der Waals surface area contributed by atoms with Crippen molar-refractivity contribution in [1.82, 2.24) is 24.4 Å². The van der Waals surface area contributed by atoms with Crippen LogP contribution >= 0.6 is 15.9 Å². The van der Waals surface area contributed by atoms with Gasteiger partial charge in [-0.3, -0.25) is 4.68 Å². The zero-order chi connectivity index (χ0) is 12.5. The van der Waals surface area contributed by atoms with Crippen molar-refractivity contribution in [2.45, 2.75) is 13.5 Å². The molecule has 0 saturated carbocycles. The van der Waals surface area contributed by atoms with E-state index < -0.39 is 0 Å². The molecule has 0 aliphatic heterocycles. The zero-order valence-corrected chi connectivity index (χ0v) is 11.3. The first-order chi connectivity index (χ1) is 8.76. The second-order valence-electron chi connectivity index (χ2n) is 3.77. The quantitative estimate of drug-likeness (QED) is 0.807. The van der Waals surface area contributed by atoms with Crippen LogP contribution in [0, 0.1) is 0 Å². The van der Waals surface area contributed by atoms with Crippen LogP contribution in [0.3, 0.4) is 0 Å². The lowest BCUT2D eigenvalue weighted by Crippen LogP contribution is -1.93. The van der Waals surface area contributed by atoms with E-state index >= 15 is 0 Å². The number of fused-ring (bicyclic) bond motifs is 1. The van der Waals surface area contributed by atoms with Crippen LogP contribution in [0.1, 0.15) is 6.92 Å². The van der Waals surface area contributed by atoms with Crippen molar-refractivity contribution in [1.29, 1.82) is 0 Å². The predicted octanol–water partition coefficient (Wildman–Crippen LogP) is 2.45. The summed E-state index contributed by atoms with van der Waals surface area (Å²) in [4.78, 5) is 4.40. The lowest BCUT2D eigenvalue weighted by atomic mass is 10.5. The Bertz CT molecular complexity index is 686. The lowest BCUT2D eigenvalue weighted by molar-refractivity contribution is 0.660. The first kappa shape index (κ1) is 11.2. The highest BCUT2D eigenvalue weighted by atomic mass is 79.9. The molecule has 0 aliphatic rings. The number of nitrogens with zero attached hydrogens (tertiary/aromatic N) is 5. The first-order valence-corrected chi connectivity index (χ1v) is 6.36. The number of rotatable bonds is 3. The second-order valence-corrected chi connectivity index (χ2v) is 4.62. The van der Waals surface area contributed by atoms with Gasteiger partial charge in [-0.15, -0.1) is 5.10 Å². The number of aryl methyl sites for hydroxylation is 1. The van der Waals surface area contributed by atoms with Gasteiger partial charge in [-0.05, 0) is 35.0 Å². The Morgan fingerprint density at radius 3 is 3.06 bits per heavy atom. The monoisotopic (exact) mass is 306 g/mol. The van der Waals surface area contributed by atoms with Gasteiger partial charge < -0.3 is 5.32 Å². The fourth-order valence-corrected chi connectivity index (χ4v) is 2.08. The van der Waals surface area contributed by atoms with E-state index in [2.05, 4.69) is 36.4 Å². The molecule has 0 atom stereocenters. The first-order valence-electron chi connectivity index (χ1n) is 5.56. The fourth-order valence-electron chi connectivity index (χ4n) is 1.66. The minimum atomic E-state index is 0.553. The smallest absolute Gasteiger partial charge is 0.247 e. The van der Waals surface area contributed by atoms with Gasteiger partial charge in [0.1, 0.15) is 0 Å². The third-order valence-electron chi connectivity index (χ3n) is 2.53. The molecule has 0 fully saturated rings. The minimum Gasteiger partial charge on any atom is -0.320 e. The molecule has 0 radical (unpaired) electrons. The van der Waals surface area contributed by atoms with Crippen molar-refractivity contribution < 1.29 is 0 Å². The standard InChI is InChI=1S/C11H11BrN6/c1-2-17-7-8(6-13-17)14-11-15-10-9(12)4-3-5-18(10)16-11/h3-7H,2H2,1H3,(H,14,16). The van der Waals surface area contributed by atoms with Gasteiger partial charge in [-0.25, -0.2) is 4.52 Å². The highest BCUT2D eigenvalue weighted by Gasteiger charge is 2.07. The van der Waals surface area contributed by atoms with Gasteiger partial charge in [-0.1, -0.05) is 0 Å². The summed E-state index contributed by atoms with van der Waals surface area (Å²) in [7, 11) is 0. The molecule has 0 saturated heterocycles. The summed E-state index contributed by atoms with van der Waals surface area (Å²) in [6.07, 6.45) is 5.53. The third kappa shape index (κ3) is 1.97. The molecule has 3 aromatic heterocycles. The van der Waals surface area contributed by atoms with Crippen LogP contribution < -0.4 is 5.32 Å². The molecule has 3 aromatic rings. The normalized spacial score (nSPS) is 11.0. The number of nitrogens with one attached hydrogen (secondary N) is 1. The van der Waals surface area contributed by atoms with Crippen LogP contribution in [0.5, 0.6) is 0 Å². The van der Waals surface area contributed by atoms with Crippen LogP contribution in [-0.2, 0) is 6.54 Å². The summed E-state index contributed by atoms with van der Waals surface area (Å²) >= 11 is 3.44. The highest BCUT2D eigenvalue weighted by molar-refractivity contribution is 9.10. The van der Waals surface area contributed by atoms with Gasteiger partial charge in [0, 0.05) is 18.9 Å². The number of hydrogen-bond acceptors (Lipinski definition) is 4. The van der Waals surface area contributed by atoms with Crippen LogP contribution in [0.25, 0.3) is 5.65 Å². The molecule has 7 heteroatoms. The van der Waals surface area contributed by atoms with Crippen LogP contribution in [0.15, 0.2) is 35.2 Å². The minimum absolute atomic E-state index is 0.553. The summed E-state index contributed by atoms with van der Waals surface area (Å²) in [5, 5.41) is 11.6. The molecule has 3 heterocycles. The fraction of sp³-hybridized carbons (Fsp3) is 0.182. The van der Waals surface area contributed by atoms with Gasteiger partial charge in [0.25, 0.3) is 0 Å². The second kappa shape index (κ2) is 4.41. The van der Waals surface area contributed by atoms with E-state index in [4.69, 9.17) is 0 Å². The van der Waals surface area contributed by atoms with Crippen LogP contribution in [0.2, 0.25) is 0 Å². The van der Waals surface area contributed by atoms with E-state index in [0.717, 1.165) is 22.4 Å². The van der Waals surface area contributed by atoms with Gasteiger partial charge in [0.15, 0.2) is 5.65 Å². The molecule has 3 rings (SSSR count). The Morgan fingerprint density at radius 1 is 1.44 bits per heavy atom. The molecular weight excluding hydrogens is 296 g/mol. The Morgan fingerprint density at radius 2 is 2.33 bits per heavy atom. The van der Waals surface area contributed by atoms with E-state index in [1.165, 1.54) is 0 Å². The molecular formula is C11H11BrN6. The van der Waals surface area contributed by atoms with E-state index in [0.29, 0.717) is 5.95 Å². The Kier molecular flexibility index (Phi) is 2.75. The van der Waals surface area contributed by atoms with Gasteiger partial charge in [-0.2, -0.15) is 10.1 Å². The Hall–Kier alpha value is -1.89. The molecule has 0 bridgehead atoms. The average molecular weight is 307 g/mol. The van der Waals surface area contributed by atoms with Crippen LogP contribution in [0.4, 0.5) is 11.6 Å². The SMILES string of the molecule is CCn1cc(Nc2nc3c(Br)cccn3n2)cn1. The van der Waals surface area contributed by atoms with Gasteiger partial charge >= 0.3 is 0 Å². The average Bonchev–Trinajstić information content (AvgIpc) is 2.96. The zero-order valence-electron chi connectivity index (χ0n) is 9.71. The third-order valence-corrected chi connectivity index (χ3v) is 3.15. The van der Waals surface area contributed by atoms with E-state index in [-0.39, 0.29) is 0 Å². The number of aromatic nitrogens is 5. The largest absolute Gasteiger partial charge is 0.320 e. The summed E-state index contributed by atoms with van der Waals surface area (Å²) in [6, 6.07) is 3.84. The predicted molar refractivity (Wildman–Crippen MR) is 71.9 cm³/mol. The Balaban J connectivity index is 1.93. The lowest BCUT2D eigenvalue weighted by Gasteiger charge is -1.94. The Labute approximate surface area is 112 Å². The summed E-state index contributed by atoms with van der Waals surface area (Å²) in [5.74, 6) is 0.553. The maximum atomic E-state index is 4.40. The van der Waals surface area contributed by atoms with Gasteiger partial charge in [0.2, 0.25) is 5.95 Å². The number of hydrogen-bond donors (Lipinski definition) is 1. The summed E-state index contributed by atoms with van der Waals surface area (Å²) in [6.45, 7) is 2.88. The van der Waals surface area contributed by atoms with Crippen molar-refractivity contribution in [2.24, 2.45) is 0 Å². The molecule has 1 N–H and O–H groups in total. The van der Waals surface area contributed by atoms with Crippen molar-refractivity contribution in [2.75, 3.05) is 5.32 Å². The summed E-state index contributed by atoms with van der Waals surface area (Å²) < 4.78 is 4.47. The topological polar surface area (TPSA) is 60.0 Å². The van der Waals surface area contributed by atoms with Crippen molar-refractivity contribution in [3.8, 4) is 0 Å². The molecule has 0 unspecified atom stereocenters. The van der Waals surface area contributed by atoms with Crippen LogP contribution in [-0.4, -0.2) is 24.4 Å². The van der Waals surface area contributed by atoms with E-state index in [1.807, 2.05) is 36.1 Å². The van der Waals surface area contributed by atoms with Crippen molar-refractivity contribution in [3.05, 3.63) is 35.2 Å². The molecule has 92 valence electrons. The maximum absolute atomic E-state index is 4.40. The van der Waals surface area contributed by atoms with E-state index in [1.54, 1.807) is 10.7 Å². The number of pyridine rings is 1. The highest BCUT2D eigenvalue weighted by Crippen LogP contribution is 2.18. The van der Waals surface area contributed by atoms with Gasteiger partial charge in [0.05, 0.1) is 16.4 Å².